The fourth-order valence-electron chi connectivity index (χ4n) is 3.13. The van der Waals surface area contributed by atoms with E-state index in [0.717, 1.165) is 32.4 Å². The third-order valence-electron chi connectivity index (χ3n) is 4.62. The van der Waals surface area contributed by atoms with Crippen LogP contribution < -0.4 is 14.8 Å². The van der Waals surface area contributed by atoms with Crippen molar-refractivity contribution in [3.05, 3.63) is 70.7 Å². The predicted molar refractivity (Wildman–Crippen MR) is 120 cm³/mol. The number of nitrogens with one attached hydrogen (secondary N) is 1. The van der Waals surface area contributed by atoms with Gasteiger partial charge in [0.15, 0.2) is 17.3 Å². The molecule has 0 saturated carbocycles. The Morgan fingerprint density at radius 1 is 0.862 bits per heavy atom. The van der Waals surface area contributed by atoms with E-state index in [4.69, 9.17) is 19.4 Å². The highest BCUT2D eigenvalue weighted by atomic mass is 79.9. The van der Waals surface area contributed by atoms with Crippen LogP contribution in [0.3, 0.4) is 0 Å². The minimum absolute atomic E-state index is 0.607. The predicted octanol–water partition coefficient (Wildman–Crippen LogP) is 6.13. The molecule has 5 nitrogen and oxygen atoms in total. The lowest BCUT2D eigenvalue weighted by atomic mass is 10.1. The molecule has 0 fully saturated rings. The Kier molecular flexibility index (Phi) is 5.36. The molecule has 4 rings (SSSR count). The highest BCUT2D eigenvalue weighted by Gasteiger charge is 2.13. The van der Waals surface area contributed by atoms with Crippen molar-refractivity contribution >= 4 is 38.3 Å². The summed E-state index contributed by atoms with van der Waals surface area (Å²) in [5.41, 5.74) is 3.83. The van der Waals surface area contributed by atoms with E-state index in [0.29, 0.717) is 17.3 Å². The zero-order valence-corrected chi connectivity index (χ0v) is 17.9. The van der Waals surface area contributed by atoms with Gasteiger partial charge in [-0.25, -0.2) is 9.97 Å². The number of aromatic nitrogens is 2. The van der Waals surface area contributed by atoms with Gasteiger partial charge in [-0.3, -0.25) is 0 Å². The molecule has 6 heteroatoms. The second kappa shape index (κ2) is 8.09. The molecule has 0 amide bonds. The van der Waals surface area contributed by atoms with Crippen molar-refractivity contribution in [2.45, 2.75) is 6.92 Å². The van der Waals surface area contributed by atoms with Crippen LogP contribution in [0.2, 0.25) is 0 Å². The second-order valence-electron chi connectivity index (χ2n) is 6.59. The van der Waals surface area contributed by atoms with E-state index in [2.05, 4.69) is 40.3 Å². The Labute approximate surface area is 177 Å². The summed E-state index contributed by atoms with van der Waals surface area (Å²) in [4.78, 5) is 9.58. The van der Waals surface area contributed by atoms with E-state index in [1.807, 2.05) is 48.5 Å². The average Bonchev–Trinajstić information content (AvgIpc) is 2.75. The van der Waals surface area contributed by atoms with Crippen LogP contribution in [0.25, 0.3) is 22.3 Å². The summed E-state index contributed by atoms with van der Waals surface area (Å²) in [6.45, 7) is 2.06. The maximum absolute atomic E-state index is 5.44. The van der Waals surface area contributed by atoms with Crippen molar-refractivity contribution < 1.29 is 9.47 Å². The van der Waals surface area contributed by atoms with Gasteiger partial charge in [-0.2, -0.15) is 0 Å². The quantitative estimate of drug-likeness (QED) is 0.397. The van der Waals surface area contributed by atoms with Gasteiger partial charge in [0.05, 0.1) is 25.4 Å². The largest absolute Gasteiger partial charge is 0.493 e. The van der Waals surface area contributed by atoms with Crippen LogP contribution in [-0.4, -0.2) is 24.2 Å². The molecule has 0 aliphatic rings. The molecule has 0 radical (unpaired) electrons. The molecule has 29 heavy (non-hydrogen) atoms. The van der Waals surface area contributed by atoms with Crippen LogP contribution in [0.4, 0.5) is 11.5 Å². The molecular weight excluding hydrogens is 430 g/mol. The van der Waals surface area contributed by atoms with E-state index in [-0.39, 0.29) is 0 Å². The molecule has 1 aromatic heterocycles. The van der Waals surface area contributed by atoms with Crippen molar-refractivity contribution in [1.82, 2.24) is 9.97 Å². The van der Waals surface area contributed by atoms with E-state index in [9.17, 15) is 0 Å². The molecule has 0 atom stereocenters. The Morgan fingerprint density at radius 2 is 1.66 bits per heavy atom. The minimum Gasteiger partial charge on any atom is -0.493 e. The summed E-state index contributed by atoms with van der Waals surface area (Å²) < 4.78 is 11.8. The van der Waals surface area contributed by atoms with Crippen LogP contribution in [0.5, 0.6) is 11.5 Å². The van der Waals surface area contributed by atoms with Gasteiger partial charge in [-0.15, -0.1) is 0 Å². The number of halogens is 1. The lowest BCUT2D eigenvalue weighted by Crippen LogP contribution is -2.00. The van der Waals surface area contributed by atoms with Gasteiger partial charge in [-0.1, -0.05) is 18.2 Å². The molecule has 1 N–H and O–H groups in total. The number of hydrogen-bond donors (Lipinski definition) is 1. The van der Waals surface area contributed by atoms with E-state index >= 15 is 0 Å². The molecule has 0 unspecified atom stereocenters. The third kappa shape index (κ3) is 3.89. The van der Waals surface area contributed by atoms with E-state index in [1.54, 1.807) is 14.2 Å². The van der Waals surface area contributed by atoms with E-state index in [1.165, 1.54) is 5.56 Å². The summed E-state index contributed by atoms with van der Waals surface area (Å²) in [6.07, 6.45) is 0. The number of benzene rings is 3. The van der Waals surface area contributed by atoms with Crippen LogP contribution in [0.1, 0.15) is 5.56 Å². The first-order valence-electron chi connectivity index (χ1n) is 9.11. The maximum atomic E-state index is 5.44. The van der Waals surface area contributed by atoms with Gasteiger partial charge in [0.2, 0.25) is 0 Å². The van der Waals surface area contributed by atoms with Gasteiger partial charge in [0, 0.05) is 15.4 Å². The normalized spacial score (nSPS) is 10.8. The van der Waals surface area contributed by atoms with Crippen molar-refractivity contribution in [3.8, 4) is 22.9 Å². The minimum atomic E-state index is 0.607. The van der Waals surface area contributed by atoms with Crippen molar-refractivity contribution in [2.24, 2.45) is 0 Å². The van der Waals surface area contributed by atoms with Gasteiger partial charge in [-0.05, 0) is 70.9 Å². The molecule has 0 aliphatic carbocycles. The summed E-state index contributed by atoms with van der Waals surface area (Å²) in [7, 11) is 3.23. The number of anilines is 2. The highest BCUT2D eigenvalue weighted by molar-refractivity contribution is 9.10. The number of ether oxygens (including phenoxy) is 2. The molecule has 1 heterocycles. The van der Waals surface area contributed by atoms with Gasteiger partial charge in [0.25, 0.3) is 0 Å². The Morgan fingerprint density at radius 3 is 2.41 bits per heavy atom. The number of fused-ring (bicyclic) bond motifs is 1. The lowest BCUT2D eigenvalue weighted by molar-refractivity contribution is 0.355. The summed E-state index contributed by atoms with van der Waals surface area (Å²) in [5.74, 6) is 2.65. The fourth-order valence-corrected chi connectivity index (χ4v) is 3.72. The molecular formula is C23H20BrN3O2. The average molecular weight is 450 g/mol. The number of methoxy groups -OCH3 is 2. The summed E-state index contributed by atoms with van der Waals surface area (Å²) in [5, 5.41) is 4.40. The number of rotatable bonds is 5. The van der Waals surface area contributed by atoms with Crippen LogP contribution in [-0.2, 0) is 0 Å². The number of aryl methyl sites for hydroxylation is 1. The first kappa shape index (κ1) is 19.2. The SMILES string of the molecule is COc1ccc(-c2nc(Nc3ccc(C)cc3Br)c3ccccc3n2)cc1OC. The third-order valence-corrected chi connectivity index (χ3v) is 5.28. The molecule has 146 valence electrons. The fraction of sp³-hybridized carbons (Fsp3) is 0.130. The number of para-hydroxylation sites is 1. The zero-order chi connectivity index (χ0) is 20.4. The van der Waals surface area contributed by atoms with Crippen LogP contribution >= 0.6 is 15.9 Å². The van der Waals surface area contributed by atoms with E-state index < -0.39 is 0 Å². The first-order valence-corrected chi connectivity index (χ1v) is 9.90. The number of nitrogens with zero attached hydrogens (tertiary/aromatic N) is 2. The zero-order valence-electron chi connectivity index (χ0n) is 16.4. The molecule has 4 aromatic rings. The summed E-state index contributed by atoms with van der Waals surface area (Å²) >= 11 is 3.63. The molecule has 0 aliphatic heterocycles. The topological polar surface area (TPSA) is 56.3 Å². The Balaban J connectivity index is 1.85. The smallest absolute Gasteiger partial charge is 0.162 e. The van der Waals surface area contributed by atoms with Gasteiger partial charge < -0.3 is 14.8 Å². The second-order valence-corrected chi connectivity index (χ2v) is 7.45. The van der Waals surface area contributed by atoms with Crippen molar-refractivity contribution in [2.75, 3.05) is 19.5 Å². The maximum Gasteiger partial charge on any atom is 0.162 e. The molecule has 0 spiro atoms. The summed E-state index contributed by atoms with van der Waals surface area (Å²) in [6, 6.07) is 19.8. The Bertz CT molecular complexity index is 1190. The number of hydrogen-bond acceptors (Lipinski definition) is 5. The molecule has 3 aromatic carbocycles. The standard InChI is InChI=1S/C23H20BrN3O2/c1-14-8-10-19(17(24)12-14)26-23-16-6-4-5-7-18(16)25-22(27-23)15-9-11-20(28-2)21(13-15)29-3/h4-13H,1-3H3,(H,25,26,27). The van der Waals surface area contributed by atoms with Gasteiger partial charge in [0.1, 0.15) is 5.82 Å². The van der Waals surface area contributed by atoms with Gasteiger partial charge >= 0.3 is 0 Å². The first-order chi connectivity index (χ1) is 14.1. The van der Waals surface area contributed by atoms with Crippen molar-refractivity contribution in [1.29, 1.82) is 0 Å². The van der Waals surface area contributed by atoms with Crippen LogP contribution in [0.15, 0.2) is 65.1 Å². The lowest BCUT2D eigenvalue weighted by Gasteiger charge is -2.13. The Hall–Kier alpha value is -3.12. The van der Waals surface area contributed by atoms with Crippen LogP contribution in [0, 0.1) is 6.92 Å². The molecule has 0 saturated heterocycles. The highest BCUT2D eigenvalue weighted by Crippen LogP contribution is 2.34. The molecule has 0 bridgehead atoms. The van der Waals surface area contributed by atoms with Crippen molar-refractivity contribution in [3.63, 3.8) is 0 Å². The monoisotopic (exact) mass is 449 g/mol.